The molecule has 1 aromatic carbocycles. The Labute approximate surface area is 139 Å². The molecule has 3 rings (SSSR count). The number of hydrogen-bond acceptors (Lipinski definition) is 7. The third-order valence-corrected chi connectivity index (χ3v) is 4.14. The number of nitrogens with one attached hydrogen (secondary N) is 1. The summed E-state index contributed by atoms with van der Waals surface area (Å²) in [5.74, 6) is 0.334. The molecule has 0 radical (unpaired) electrons. The van der Waals surface area contributed by atoms with Gasteiger partial charge in [0.25, 0.3) is 0 Å². The zero-order valence-electron chi connectivity index (χ0n) is 13.4. The highest BCUT2D eigenvalue weighted by atomic mass is 16.7. The average Bonchev–Trinajstić information content (AvgIpc) is 2.58. The molecule has 0 spiro atoms. The molecule has 0 aliphatic carbocycles. The number of ether oxygens (including phenoxy) is 4. The minimum absolute atomic E-state index is 0.155. The zero-order valence-corrected chi connectivity index (χ0v) is 13.4. The Balaban J connectivity index is 1.73. The summed E-state index contributed by atoms with van der Waals surface area (Å²) in [6.07, 6.45) is -4.47. The van der Waals surface area contributed by atoms with Gasteiger partial charge in [-0.1, -0.05) is 12.1 Å². The minimum Gasteiger partial charge on any atom is -0.497 e. The van der Waals surface area contributed by atoms with Crippen molar-refractivity contribution in [1.82, 2.24) is 5.32 Å². The van der Waals surface area contributed by atoms with Gasteiger partial charge < -0.3 is 34.5 Å². The van der Waals surface area contributed by atoms with Crippen LogP contribution in [0.25, 0.3) is 0 Å². The normalized spacial score (nSPS) is 35.8. The number of carbonyl (C=O) groups excluding carboxylic acids is 1. The van der Waals surface area contributed by atoms with Crippen molar-refractivity contribution in [3.8, 4) is 5.75 Å². The molecule has 1 amide bonds. The summed E-state index contributed by atoms with van der Waals surface area (Å²) in [7, 11) is 1.58. The maximum Gasteiger partial charge on any atom is 0.217 e. The topological polar surface area (TPSA) is 106 Å². The molecule has 0 bridgehead atoms. The Hall–Kier alpha value is -1.71. The van der Waals surface area contributed by atoms with E-state index in [0.29, 0.717) is 5.75 Å². The number of amides is 1. The molecule has 132 valence electrons. The monoisotopic (exact) mass is 339 g/mol. The minimum atomic E-state index is -1.32. The number of aliphatic hydroxyl groups is 2. The summed E-state index contributed by atoms with van der Waals surface area (Å²) in [6.45, 7) is 1.46. The second-order valence-electron chi connectivity index (χ2n) is 5.82. The third-order valence-electron chi connectivity index (χ3n) is 4.14. The number of aliphatic hydroxyl groups excluding tert-OH is 2. The second-order valence-corrected chi connectivity index (χ2v) is 5.82. The lowest BCUT2D eigenvalue weighted by atomic mass is 9.96. The first-order chi connectivity index (χ1) is 11.5. The van der Waals surface area contributed by atoms with Crippen molar-refractivity contribution in [3.05, 3.63) is 29.8 Å². The number of fused-ring (bicyclic) bond motifs is 1. The summed E-state index contributed by atoms with van der Waals surface area (Å²) in [4.78, 5) is 11.2. The van der Waals surface area contributed by atoms with Gasteiger partial charge in [-0.25, -0.2) is 0 Å². The highest BCUT2D eigenvalue weighted by molar-refractivity contribution is 5.73. The zero-order chi connectivity index (χ0) is 17.3. The molecule has 2 aliphatic rings. The van der Waals surface area contributed by atoms with Crippen LogP contribution in [0.3, 0.4) is 0 Å². The van der Waals surface area contributed by atoms with Gasteiger partial charge in [-0.15, -0.1) is 0 Å². The molecule has 3 N–H and O–H groups in total. The molecular formula is C16H21NO7. The number of hydrogen-bond donors (Lipinski definition) is 3. The van der Waals surface area contributed by atoms with Crippen LogP contribution in [-0.4, -0.2) is 60.5 Å². The number of carbonyl (C=O) groups is 1. The third kappa shape index (κ3) is 3.38. The molecule has 1 aromatic rings. The molecule has 24 heavy (non-hydrogen) atoms. The standard InChI is InChI=1S/C16H21NO7/c1-8(18)17-12-13(19)14-11(23-15(12)20)7-22-16(24-14)9-3-5-10(21-2)6-4-9/h3-6,11-16,19-20H,7H2,1-2H3,(H,17,18)/t11-,12+,13+,14-,15-,16+/m0/s1. The lowest BCUT2D eigenvalue weighted by Gasteiger charge is -2.46. The first-order valence-corrected chi connectivity index (χ1v) is 7.69. The molecule has 2 saturated heterocycles. The van der Waals surface area contributed by atoms with Gasteiger partial charge in [-0.2, -0.15) is 0 Å². The first-order valence-electron chi connectivity index (χ1n) is 7.69. The van der Waals surface area contributed by atoms with Crippen molar-refractivity contribution in [1.29, 1.82) is 0 Å². The van der Waals surface area contributed by atoms with Gasteiger partial charge in [0.2, 0.25) is 5.91 Å². The van der Waals surface area contributed by atoms with Crippen molar-refractivity contribution in [2.75, 3.05) is 13.7 Å². The molecule has 2 heterocycles. The van der Waals surface area contributed by atoms with Gasteiger partial charge in [-0.05, 0) is 12.1 Å². The SMILES string of the molecule is COc1ccc([C@@H]2OC[C@@H]3O[C@H](O)[C@H](NC(C)=O)[C@@H](O)[C@H]3O2)cc1. The maximum absolute atomic E-state index is 11.2. The van der Waals surface area contributed by atoms with Crippen LogP contribution < -0.4 is 10.1 Å². The summed E-state index contributed by atoms with van der Waals surface area (Å²) in [5.41, 5.74) is 0.767. The van der Waals surface area contributed by atoms with Gasteiger partial charge >= 0.3 is 0 Å². The molecule has 2 fully saturated rings. The Morgan fingerprint density at radius 2 is 1.96 bits per heavy atom. The highest BCUT2D eigenvalue weighted by Crippen LogP contribution is 2.34. The van der Waals surface area contributed by atoms with E-state index < -0.39 is 36.9 Å². The number of rotatable bonds is 3. The van der Waals surface area contributed by atoms with Crippen molar-refractivity contribution >= 4 is 5.91 Å². The molecule has 6 atom stereocenters. The van der Waals surface area contributed by atoms with E-state index >= 15 is 0 Å². The number of methoxy groups -OCH3 is 1. The Morgan fingerprint density at radius 1 is 1.25 bits per heavy atom. The van der Waals surface area contributed by atoms with Crippen LogP contribution in [0.2, 0.25) is 0 Å². The van der Waals surface area contributed by atoms with E-state index in [-0.39, 0.29) is 12.5 Å². The highest BCUT2D eigenvalue weighted by Gasteiger charge is 2.49. The Kier molecular flexibility index (Phi) is 5.02. The van der Waals surface area contributed by atoms with Crippen molar-refractivity contribution in [2.24, 2.45) is 0 Å². The van der Waals surface area contributed by atoms with E-state index in [2.05, 4.69) is 5.32 Å². The van der Waals surface area contributed by atoms with Gasteiger partial charge in [0.1, 0.15) is 30.1 Å². The molecule has 0 saturated carbocycles. The van der Waals surface area contributed by atoms with E-state index in [0.717, 1.165) is 5.56 Å². The molecule has 8 nitrogen and oxygen atoms in total. The van der Waals surface area contributed by atoms with Crippen LogP contribution in [-0.2, 0) is 19.0 Å². The van der Waals surface area contributed by atoms with E-state index in [1.54, 1.807) is 31.4 Å². The number of benzene rings is 1. The van der Waals surface area contributed by atoms with Gasteiger partial charge in [0.15, 0.2) is 12.6 Å². The average molecular weight is 339 g/mol. The Bertz CT molecular complexity index is 578. The molecule has 0 aromatic heterocycles. The van der Waals surface area contributed by atoms with Crippen molar-refractivity contribution in [2.45, 2.75) is 43.9 Å². The van der Waals surface area contributed by atoms with Crippen LogP contribution in [0.1, 0.15) is 18.8 Å². The van der Waals surface area contributed by atoms with Gasteiger partial charge in [0.05, 0.1) is 13.7 Å². The van der Waals surface area contributed by atoms with Crippen molar-refractivity contribution in [3.63, 3.8) is 0 Å². The quantitative estimate of drug-likeness (QED) is 0.694. The first kappa shape index (κ1) is 17.1. The predicted octanol–water partition coefficient (Wildman–Crippen LogP) is -0.308. The lowest BCUT2D eigenvalue weighted by Crippen LogP contribution is -2.66. The fourth-order valence-corrected chi connectivity index (χ4v) is 2.93. The van der Waals surface area contributed by atoms with Crippen LogP contribution in [0, 0.1) is 0 Å². The van der Waals surface area contributed by atoms with Crippen LogP contribution in [0.5, 0.6) is 5.75 Å². The Morgan fingerprint density at radius 3 is 2.58 bits per heavy atom. The molecule has 2 aliphatic heterocycles. The predicted molar refractivity (Wildman–Crippen MR) is 81.1 cm³/mol. The largest absolute Gasteiger partial charge is 0.497 e. The summed E-state index contributed by atoms with van der Waals surface area (Å²) >= 11 is 0. The van der Waals surface area contributed by atoms with Crippen molar-refractivity contribution < 1.29 is 34.0 Å². The molecule has 8 heteroatoms. The maximum atomic E-state index is 11.2. The summed E-state index contributed by atoms with van der Waals surface area (Å²) < 4.78 is 22.0. The van der Waals surface area contributed by atoms with E-state index in [1.807, 2.05) is 0 Å². The molecular weight excluding hydrogens is 318 g/mol. The van der Waals surface area contributed by atoms with Gasteiger partial charge in [0, 0.05) is 12.5 Å². The van der Waals surface area contributed by atoms with Crippen LogP contribution in [0.15, 0.2) is 24.3 Å². The summed E-state index contributed by atoms with van der Waals surface area (Å²) in [5, 5.41) is 22.9. The fourth-order valence-electron chi connectivity index (χ4n) is 2.93. The van der Waals surface area contributed by atoms with E-state index in [1.165, 1.54) is 6.92 Å². The van der Waals surface area contributed by atoms with E-state index in [9.17, 15) is 15.0 Å². The fraction of sp³-hybridized carbons (Fsp3) is 0.562. The van der Waals surface area contributed by atoms with Crippen LogP contribution >= 0.6 is 0 Å². The second kappa shape index (κ2) is 7.04. The lowest BCUT2D eigenvalue weighted by molar-refractivity contribution is -0.337. The van der Waals surface area contributed by atoms with Gasteiger partial charge in [-0.3, -0.25) is 4.79 Å². The smallest absolute Gasteiger partial charge is 0.217 e. The van der Waals surface area contributed by atoms with E-state index in [4.69, 9.17) is 18.9 Å². The summed E-state index contributed by atoms with van der Waals surface area (Å²) in [6, 6.07) is 6.22. The van der Waals surface area contributed by atoms with Crippen LogP contribution in [0.4, 0.5) is 0 Å². The molecule has 0 unspecified atom stereocenters.